The summed E-state index contributed by atoms with van der Waals surface area (Å²) in [5.41, 5.74) is 1.36. The predicted octanol–water partition coefficient (Wildman–Crippen LogP) is 3.23. The number of hydrogen-bond acceptors (Lipinski definition) is 6. The zero-order valence-corrected chi connectivity index (χ0v) is 16.8. The molecule has 1 saturated heterocycles. The van der Waals surface area contributed by atoms with E-state index in [9.17, 15) is 9.59 Å². The molecular weight excluding hydrogens is 374 g/mol. The molecule has 0 radical (unpaired) electrons. The quantitative estimate of drug-likeness (QED) is 0.666. The number of carbonyl (C=O) groups excluding carboxylic acids is 2. The van der Waals surface area contributed by atoms with Gasteiger partial charge in [-0.05, 0) is 55.3 Å². The zero-order chi connectivity index (χ0) is 20.8. The molecule has 3 rings (SSSR count). The number of amides is 1. The lowest BCUT2D eigenvalue weighted by molar-refractivity contribution is -0.134. The summed E-state index contributed by atoms with van der Waals surface area (Å²) in [6.45, 7) is 0.578. The molecule has 1 atom stereocenters. The molecule has 154 valence electrons. The Labute approximate surface area is 170 Å². The van der Waals surface area contributed by atoms with E-state index in [0.717, 1.165) is 29.9 Å². The summed E-state index contributed by atoms with van der Waals surface area (Å²) in [6.07, 6.45) is 1.76. The van der Waals surface area contributed by atoms with Gasteiger partial charge in [-0.1, -0.05) is 0 Å². The molecule has 0 aliphatic carbocycles. The van der Waals surface area contributed by atoms with Crippen LogP contribution in [0.5, 0.6) is 17.2 Å². The fourth-order valence-corrected chi connectivity index (χ4v) is 3.52. The molecule has 2 aromatic carbocycles. The third kappa shape index (κ3) is 4.62. The van der Waals surface area contributed by atoms with Crippen LogP contribution in [0.2, 0.25) is 0 Å². The standard InChI is InChI=1S/C22H25NO6/c1-26-17-10-11-20(27-2)18(13-17)19-5-4-12-23(19)21(24)14-29-16-8-6-15(7-9-16)22(25)28-3/h6-11,13,19H,4-5,12,14H2,1-3H3/t19-/m1/s1. The summed E-state index contributed by atoms with van der Waals surface area (Å²) < 4.78 is 21.1. The van der Waals surface area contributed by atoms with Gasteiger partial charge in [0, 0.05) is 12.1 Å². The van der Waals surface area contributed by atoms with Crippen LogP contribution in [0.25, 0.3) is 0 Å². The van der Waals surface area contributed by atoms with Crippen LogP contribution >= 0.6 is 0 Å². The summed E-state index contributed by atoms with van der Waals surface area (Å²) in [6, 6.07) is 12.0. The highest BCUT2D eigenvalue weighted by atomic mass is 16.5. The Balaban J connectivity index is 1.68. The summed E-state index contributed by atoms with van der Waals surface area (Å²) in [7, 11) is 4.56. The normalized spacial score (nSPS) is 15.7. The zero-order valence-electron chi connectivity index (χ0n) is 16.8. The smallest absolute Gasteiger partial charge is 0.337 e. The van der Waals surface area contributed by atoms with Crippen LogP contribution in [-0.4, -0.2) is 51.3 Å². The Morgan fingerprint density at radius 1 is 1.00 bits per heavy atom. The second kappa shape index (κ2) is 9.32. The Bertz CT molecular complexity index is 864. The van der Waals surface area contributed by atoms with E-state index in [0.29, 0.717) is 17.9 Å². The molecule has 7 nitrogen and oxygen atoms in total. The van der Waals surface area contributed by atoms with E-state index in [1.165, 1.54) is 7.11 Å². The molecular formula is C22H25NO6. The first-order valence-corrected chi connectivity index (χ1v) is 9.40. The summed E-state index contributed by atoms with van der Waals surface area (Å²) in [5, 5.41) is 0. The maximum Gasteiger partial charge on any atom is 0.337 e. The molecule has 0 spiro atoms. The van der Waals surface area contributed by atoms with Gasteiger partial charge < -0.3 is 23.8 Å². The van der Waals surface area contributed by atoms with Crippen molar-refractivity contribution in [3.05, 3.63) is 53.6 Å². The maximum absolute atomic E-state index is 12.8. The average Bonchev–Trinajstić information content (AvgIpc) is 3.26. The monoisotopic (exact) mass is 399 g/mol. The van der Waals surface area contributed by atoms with Crippen LogP contribution in [0, 0.1) is 0 Å². The van der Waals surface area contributed by atoms with E-state index in [-0.39, 0.29) is 18.6 Å². The molecule has 0 bridgehead atoms. The summed E-state index contributed by atoms with van der Waals surface area (Å²) >= 11 is 0. The van der Waals surface area contributed by atoms with Crippen molar-refractivity contribution in [2.75, 3.05) is 34.5 Å². The highest BCUT2D eigenvalue weighted by Crippen LogP contribution is 2.38. The third-order valence-corrected chi connectivity index (χ3v) is 5.01. The Morgan fingerprint density at radius 3 is 2.38 bits per heavy atom. The number of rotatable bonds is 7. The minimum Gasteiger partial charge on any atom is -0.497 e. The van der Waals surface area contributed by atoms with Gasteiger partial charge in [0.1, 0.15) is 17.2 Å². The molecule has 0 saturated carbocycles. The molecule has 2 aromatic rings. The Hall–Kier alpha value is -3.22. The van der Waals surface area contributed by atoms with E-state index in [2.05, 4.69) is 4.74 Å². The number of likely N-dealkylation sites (tertiary alicyclic amines) is 1. The van der Waals surface area contributed by atoms with Crippen LogP contribution in [0.15, 0.2) is 42.5 Å². The predicted molar refractivity (Wildman–Crippen MR) is 107 cm³/mol. The van der Waals surface area contributed by atoms with Crippen LogP contribution in [0.3, 0.4) is 0 Å². The van der Waals surface area contributed by atoms with Crippen molar-refractivity contribution in [2.45, 2.75) is 18.9 Å². The second-order valence-corrected chi connectivity index (χ2v) is 6.66. The van der Waals surface area contributed by atoms with Crippen molar-refractivity contribution >= 4 is 11.9 Å². The van der Waals surface area contributed by atoms with E-state index in [1.54, 1.807) is 38.5 Å². The maximum atomic E-state index is 12.8. The van der Waals surface area contributed by atoms with Gasteiger partial charge in [0.25, 0.3) is 5.91 Å². The highest BCUT2D eigenvalue weighted by Gasteiger charge is 2.32. The van der Waals surface area contributed by atoms with Gasteiger partial charge in [-0.3, -0.25) is 4.79 Å². The number of carbonyl (C=O) groups is 2. The molecule has 1 fully saturated rings. The van der Waals surface area contributed by atoms with Crippen molar-refractivity contribution < 1.29 is 28.5 Å². The molecule has 29 heavy (non-hydrogen) atoms. The minimum absolute atomic E-state index is 0.0830. The number of nitrogens with zero attached hydrogens (tertiary/aromatic N) is 1. The first-order valence-electron chi connectivity index (χ1n) is 9.40. The van der Waals surface area contributed by atoms with E-state index in [4.69, 9.17) is 14.2 Å². The Morgan fingerprint density at radius 2 is 1.72 bits per heavy atom. The SMILES string of the molecule is COC(=O)c1ccc(OCC(=O)N2CCC[C@@H]2c2cc(OC)ccc2OC)cc1. The minimum atomic E-state index is -0.417. The fraction of sp³-hybridized carbons (Fsp3) is 0.364. The molecule has 1 aliphatic rings. The van der Waals surface area contributed by atoms with E-state index in [1.807, 2.05) is 23.1 Å². The summed E-state index contributed by atoms with van der Waals surface area (Å²) in [5.74, 6) is 1.45. The van der Waals surface area contributed by atoms with Gasteiger partial charge in [0.2, 0.25) is 0 Å². The first-order chi connectivity index (χ1) is 14.1. The summed E-state index contributed by atoms with van der Waals surface area (Å²) in [4.78, 5) is 26.1. The van der Waals surface area contributed by atoms with E-state index < -0.39 is 5.97 Å². The average molecular weight is 399 g/mol. The van der Waals surface area contributed by atoms with Crippen LogP contribution in [-0.2, 0) is 9.53 Å². The largest absolute Gasteiger partial charge is 0.497 e. The molecule has 0 unspecified atom stereocenters. The molecule has 1 heterocycles. The second-order valence-electron chi connectivity index (χ2n) is 6.66. The molecule has 1 amide bonds. The van der Waals surface area contributed by atoms with Crippen molar-refractivity contribution in [3.63, 3.8) is 0 Å². The number of hydrogen-bond donors (Lipinski definition) is 0. The lowest BCUT2D eigenvalue weighted by atomic mass is 10.0. The third-order valence-electron chi connectivity index (χ3n) is 5.01. The van der Waals surface area contributed by atoms with Crippen molar-refractivity contribution in [3.8, 4) is 17.2 Å². The molecule has 0 N–H and O–H groups in total. The van der Waals surface area contributed by atoms with Crippen LogP contribution in [0.1, 0.15) is 34.8 Å². The topological polar surface area (TPSA) is 74.3 Å². The van der Waals surface area contributed by atoms with Gasteiger partial charge >= 0.3 is 5.97 Å². The van der Waals surface area contributed by atoms with Crippen LogP contribution in [0.4, 0.5) is 0 Å². The van der Waals surface area contributed by atoms with Crippen molar-refractivity contribution in [2.24, 2.45) is 0 Å². The number of esters is 1. The number of methoxy groups -OCH3 is 3. The van der Waals surface area contributed by atoms with Crippen LogP contribution < -0.4 is 14.2 Å². The number of ether oxygens (including phenoxy) is 4. The van der Waals surface area contributed by atoms with Gasteiger partial charge in [-0.2, -0.15) is 0 Å². The van der Waals surface area contributed by atoms with E-state index >= 15 is 0 Å². The number of benzene rings is 2. The lowest BCUT2D eigenvalue weighted by Crippen LogP contribution is -2.34. The first kappa shape index (κ1) is 20.5. The highest BCUT2D eigenvalue weighted by molar-refractivity contribution is 5.89. The van der Waals surface area contributed by atoms with Gasteiger partial charge in [0.15, 0.2) is 6.61 Å². The van der Waals surface area contributed by atoms with Crippen molar-refractivity contribution in [1.82, 2.24) is 4.90 Å². The lowest BCUT2D eigenvalue weighted by Gasteiger charge is -2.26. The van der Waals surface area contributed by atoms with Gasteiger partial charge in [-0.15, -0.1) is 0 Å². The molecule has 1 aliphatic heterocycles. The molecule has 7 heteroatoms. The van der Waals surface area contributed by atoms with Crippen molar-refractivity contribution in [1.29, 1.82) is 0 Å². The van der Waals surface area contributed by atoms with Gasteiger partial charge in [0.05, 0.1) is 32.9 Å². The van der Waals surface area contributed by atoms with Gasteiger partial charge in [-0.25, -0.2) is 4.79 Å². The fourth-order valence-electron chi connectivity index (χ4n) is 3.52. The molecule has 0 aromatic heterocycles. The Kier molecular flexibility index (Phi) is 6.59.